The topological polar surface area (TPSA) is 228 Å². The maximum Gasteiger partial charge on any atom is 0.251 e. The molecule has 436 valence electrons. The average Bonchev–Trinajstić information content (AvgIpc) is 2.15. The number of hydrogen-bond donors (Lipinski definition) is 4. The highest BCUT2D eigenvalue weighted by Crippen LogP contribution is 2.53. The number of anilines is 2. The van der Waals surface area contributed by atoms with Gasteiger partial charge in [-0.3, -0.25) is 14.6 Å². The number of nitrogens with one attached hydrogen (secondary N) is 3. The van der Waals surface area contributed by atoms with Crippen LogP contribution >= 0.6 is 34.8 Å². The molecule has 18 nitrogen and oxygen atoms in total. The van der Waals surface area contributed by atoms with Crippen molar-refractivity contribution in [3.8, 4) is 29.4 Å². The molecule has 2 amide bonds. The molecule has 82 heavy (non-hydrogen) atoms. The molecule has 4 atom stereocenters. The van der Waals surface area contributed by atoms with E-state index >= 15 is 8.78 Å². The molecule has 1 saturated heterocycles. The monoisotopic (exact) mass is 1190 g/mol. The van der Waals surface area contributed by atoms with E-state index in [1.165, 1.54) is 55.6 Å². The first-order valence-electron chi connectivity index (χ1n) is 26.3. The summed E-state index contributed by atoms with van der Waals surface area (Å²) in [6.07, 6.45) is 3.91. The molecule has 1 aliphatic heterocycles. The van der Waals surface area contributed by atoms with Gasteiger partial charge in [-0.05, 0) is 67.6 Å². The lowest BCUT2D eigenvalue weighted by atomic mass is 9.62. The second-order valence-electron chi connectivity index (χ2n) is 20.4. The lowest BCUT2D eigenvalue weighted by Crippen LogP contribution is -2.45. The number of methoxy groups -OCH3 is 2. The third kappa shape index (κ3) is 15.3. The van der Waals surface area contributed by atoms with Gasteiger partial charge in [0.1, 0.15) is 46.0 Å². The average molecular weight is 1190 g/mol. The van der Waals surface area contributed by atoms with Crippen molar-refractivity contribution in [2.45, 2.75) is 71.0 Å². The van der Waals surface area contributed by atoms with Crippen molar-refractivity contribution in [2.24, 2.45) is 5.41 Å². The van der Waals surface area contributed by atoms with Gasteiger partial charge in [0.2, 0.25) is 11.9 Å². The van der Waals surface area contributed by atoms with Gasteiger partial charge in [0.15, 0.2) is 0 Å². The van der Waals surface area contributed by atoms with Gasteiger partial charge in [0.05, 0.1) is 120 Å². The molecule has 0 spiro atoms. The normalized spacial score (nSPS) is 16.8. The van der Waals surface area contributed by atoms with Gasteiger partial charge in [-0.1, -0.05) is 85.6 Å². The first-order chi connectivity index (χ1) is 39.3. The van der Waals surface area contributed by atoms with Crippen LogP contribution in [0.2, 0.25) is 15.2 Å². The number of aromatic nitrogens is 4. The summed E-state index contributed by atoms with van der Waals surface area (Å²) in [4.78, 5) is 40.9. The molecule has 0 saturated carbocycles. The van der Waals surface area contributed by atoms with Crippen molar-refractivity contribution >= 4 is 69.3 Å². The molecular weight excluding hydrogens is 1120 g/mol. The first kappa shape index (κ1) is 62.9. The van der Waals surface area contributed by atoms with Crippen LogP contribution < -0.4 is 31.2 Å². The summed E-state index contributed by atoms with van der Waals surface area (Å²) >= 11 is 19.0. The molecule has 1 aliphatic rings. The quantitative estimate of drug-likeness (QED) is 0.0226. The zero-order chi connectivity index (χ0) is 59.1. The minimum Gasteiger partial charge on any atom is -0.496 e. The number of nitrogen functional groups attached to an aromatic ring is 1. The zero-order valence-electron chi connectivity index (χ0n) is 46.7. The van der Waals surface area contributed by atoms with Crippen LogP contribution in [0.5, 0.6) is 11.5 Å². The van der Waals surface area contributed by atoms with Gasteiger partial charge < -0.3 is 59.4 Å². The number of nitrogens with zero attached hydrogens (tertiary/aromatic N) is 5. The largest absolute Gasteiger partial charge is 0.496 e. The zero-order valence-corrected chi connectivity index (χ0v) is 48.9. The summed E-state index contributed by atoms with van der Waals surface area (Å²) in [5.74, 6) is 3.11. The number of carbonyl (C=O) groups is 2. The molecule has 5 N–H and O–H groups in total. The van der Waals surface area contributed by atoms with Crippen LogP contribution in [-0.2, 0) is 40.4 Å². The number of benzene rings is 3. The van der Waals surface area contributed by atoms with E-state index in [-0.39, 0.29) is 75.6 Å². The Labute approximate surface area is 490 Å². The molecule has 0 bridgehead atoms. The Bertz CT molecular complexity index is 3350. The Morgan fingerprint density at radius 2 is 1.57 bits per heavy atom. The fourth-order valence-electron chi connectivity index (χ4n) is 9.94. The molecule has 7 rings (SSSR count). The second-order valence-corrected chi connectivity index (χ2v) is 21.6. The van der Waals surface area contributed by atoms with Crippen molar-refractivity contribution in [1.82, 2.24) is 30.2 Å². The predicted molar refractivity (Wildman–Crippen MR) is 309 cm³/mol. The van der Waals surface area contributed by atoms with E-state index in [2.05, 4.69) is 48.8 Å². The fraction of sp³-hybridized carbons (Fsp3) is 0.424. The van der Waals surface area contributed by atoms with Crippen molar-refractivity contribution in [3.63, 3.8) is 0 Å². The number of carbonyl (C=O) groups excluding carboxylic acids is 2. The Morgan fingerprint density at radius 1 is 0.890 bits per heavy atom. The number of amides is 2. The molecule has 4 heterocycles. The standard InChI is InChI=1S/C59H66Cl3F2N9O9/c1-35-31-68-45(36(2)52(35)77-7)33-73-32-38(48-53(62)71-57(66)72-54(48)73)10-9-18-78-20-22-80-24-26-82-27-25-81-23-21-79-19-17-67-55(74)37-13-16-44(46(28-37)76-6)69-56(75)51-49(40-11-8-12-42(61)50(40)64)59(34-65,47(70-51)30-58(3,4)5)41-15-14-39(60)29-43(41)63/h8,11-16,28-29,31-32,47,49,51,70H,17-27,30,33H2,1-7H3,(H,67,74)(H,69,75)(H2,66,71,72). The van der Waals surface area contributed by atoms with E-state index < -0.39 is 52.3 Å². The molecule has 3 aromatic carbocycles. The van der Waals surface area contributed by atoms with Crippen LogP contribution in [0.3, 0.4) is 0 Å². The predicted octanol–water partition coefficient (Wildman–Crippen LogP) is 9.15. The number of nitriles is 1. The first-order valence-corrected chi connectivity index (χ1v) is 27.5. The van der Waals surface area contributed by atoms with Crippen molar-refractivity contribution in [2.75, 3.05) is 97.9 Å². The van der Waals surface area contributed by atoms with Crippen molar-refractivity contribution in [1.29, 1.82) is 5.26 Å². The number of hydrogen-bond acceptors (Lipinski definition) is 15. The molecule has 6 aromatic rings. The lowest BCUT2D eigenvalue weighted by molar-refractivity contribution is -0.118. The number of ether oxygens (including phenoxy) is 7. The Hall–Kier alpha value is -6.69. The molecule has 4 unspecified atom stereocenters. The number of halogens is 5. The Balaban J connectivity index is 0.791. The number of rotatable bonds is 26. The maximum atomic E-state index is 16.2. The lowest BCUT2D eigenvalue weighted by Gasteiger charge is -2.37. The highest BCUT2D eigenvalue weighted by Gasteiger charge is 2.61. The van der Waals surface area contributed by atoms with Crippen LogP contribution in [0.15, 0.2) is 67.0 Å². The van der Waals surface area contributed by atoms with E-state index in [1.54, 1.807) is 13.3 Å². The van der Waals surface area contributed by atoms with Gasteiger partial charge in [-0.2, -0.15) is 10.2 Å². The van der Waals surface area contributed by atoms with Crippen LogP contribution in [-0.4, -0.2) is 130 Å². The van der Waals surface area contributed by atoms with E-state index in [0.29, 0.717) is 75.8 Å². The van der Waals surface area contributed by atoms with E-state index in [1.807, 2.05) is 45.4 Å². The highest BCUT2D eigenvalue weighted by molar-refractivity contribution is 6.34. The van der Waals surface area contributed by atoms with Crippen LogP contribution in [0.1, 0.15) is 77.0 Å². The van der Waals surface area contributed by atoms with E-state index in [4.69, 9.17) is 73.7 Å². The summed E-state index contributed by atoms with van der Waals surface area (Å²) < 4.78 is 73.3. The maximum absolute atomic E-state index is 16.2. The van der Waals surface area contributed by atoms with Gasteiger partial charge in [-0.25, -0.2) is 13.8 Å². The number of fused-ring (bicyclic) bond motifs is 1. The fourth-order valence-corrected chi connectivity index (χ4v) is 10.6. The summed E-state index contributed by atoms with van der Waals surface area (Å²) in [7, 11) is 3.01. The van der Waals surface area contributed by atoms with Gasteiger partial charge in [-0.15, -0.1) is 0 Å². The number of pyridine rings is 1. The third-order valence-corrected chi connectivity index (χ3v) is 14.4. The number of nitrogens with two attached hydrogens (primary N) is 1. The van der Waals surface area contributed by atoms with Crippen LogP contribution in [0.4, 0.5) is 20.4 Å². The van der Waals surface area contributed by atoms with Crippen molar-refractivity contribution < 1.29 is 51.5 Å². The smallest absolute Gasteiger partial charge is 0.251 e. The van der Waals surface area contributed by atoms with E-state index in [9.17, 15) is 14.9 Å². The molecule has 3 aromatic heterocycles. The summed E-state index contributed by atoms with van der Waals surface area (Å²) in [5.41, 5.74) is 7.85. The Morgan fingerprint density at radius 3 is 2.22 bits per heavy atom. The SMILES string of the molecule is COc1cc(C(=O)NCCOCCOCCOCCOCCOCC#Cc2cn(Cc3ncc(C)c(OC)c3C)c3nc(N)nc(Cl)c23)ccc1NC(=O)C1NC(CC(C)(C)C)C(C#N)(c2ccc(Cl)cc2F)C1c1cccc(Cl)c1F. The van der Waals surface area contributed by atoms with Crippen LogP contribution in [0.25, 0.3) is 11.0 Å². The van der Waals surface area contributed by atoms with Crippen LogP contribution in [0, 0.1) is 54.1 Å². The molecule has 0 aliphatic carbocycles. The highest BCUT2D eigenvalue weighted by atomic mass is 35.5. The van der Waals surface area contributed by atoms with E-state index in [0.717, 1.165) is 28.6 Å². The summed E-state index contributed by atoms with van der Waals surface area (Å²) in [6, 6.07) is 12.9. The minimum atomic E-state index is -1.82. The third-order valence-electron chi connectivity index (χ3n) is 13.6. The summed E-state index contributed by atoms with van der Waals surface area (Å²) in [5, 5.41) is 20.8. The van der Waals surface area contributed by atoms with Gasteiger partial charge >= 0.3 is 0 Å². The number of aryl methyl sites for hydroxylation is 1. The molecule has 23 heteroatoms. The Kier molecular flexibility index (Phi) is 22.3. The van der Waals surface area contributed by atoms with Gasteiger partial charge in [0.25, 0.3) is 5.91 Å². The molecular formula is C59H66Cl3F2N9O9. The minimum absolute atomic E-state index is 0.0483. The van der Waals surface area contributed by atoms with Gasteiger partial charge in [0, 0.05) is 58.2 Å². The molecule has 0 radical (unpaired) electrons. The molecule has 1 fully saturated rings. The van der Waals surface area contributed by atoms with Crippen molar-refractivity contribution in [3.05, 3.63) is 133 Å². The summed E-state index contributed by atoms with van der Waals surface area (Å²) in [6.45, 7) is 13.4. The second kappa shape index (κ2) is 29.0.